The highest BCUT2D eigenvalue weighted by atomic mass is 16.6. The molecule has 114 valence electrons. The number of carbonyl (C=O) groups excluding carboxylic acids is 2. The van der Waals surface area contributed by atoms with Crippen molar-refractivity contribution in [1.82, 2.24) is 10.2 Å². The van der Waals surface area contributed by atoms with Gasteiger partial charge in [-0.2, -0.15) is 0 Å². The molecular formula is C16H22N2O3. The van der Waals surface area contributed by atoms with Crippen LogP contribution < -0.4 is 5.32 Å². The number of amides is 2. The highest BCUT2D eigenvalue weighted by Gasteiger charge is 2.35. The smallest absolute Gasteiger partial charge is 0.410 e. The molecule has 0 aliphatic carbocycles. The summed E-state index contributed by atoms with van der Waals surface area (Å²) in [5, 5.41) is 2.90. The number of benzene rings is 1. The Hall–Kier alpha value is -2.04. The van der Waals surface area contributed by atoms with E-state index in [1.54, 1.807) is 4.90 Å². The van der Waals surface area contributed by atoms with E-state index in [2.05, 4.69) is 5.32 Å². The maximum absolute atomic E-state index is 12.0. The molecule has 0 bridgehead atoms. The van der Waals surface area contributed by atoms with Crippen LogP contribution >= 0.6 is 0 Å². The van der Waals surface area contributed by atoms with Gasteiger partial charge >= 0.3 is 6.09 Å². The van der Waals surface area contributed by atoms with Crippen molar-refractivity contribution in [2.24, 2.45) is 0 Å². The SMILES string of the molecule is Cc1cccc(CC(=O)NCC(C)(C)N2CCOC2=O)c1. The molecule has 1 saturated heterocycles. The first-order valence-corrected chi connectivity index (χ1v) is 7.15. The Morgan fingerprint density at radius 2 is 2.19 bits per heavy atom. The summed E-state index contributed by atoms with van der Waals surface area (Å²) in [6.07, 6.45) is 0.0373. The molecule has 1 aliphatic heterocycles. The first-order chi connectivity index (χ1) is 9.88. The summed E-state index contributed by atoms with van der Waals surface area (Å²) in [7, 11) is 0. The Labute approximate surface area is 125 Å². The summed E-state index contributed by atoms with van der Waals surface area (Å²) in [4.78, 5) is 25.3. The predicted molar refractivity (Wildman–Crippen MR) is 80.0 cm³/mol. The van der Waals surface area contributed by atoms with Crippen LogP contribution in [0.2, 0.25) is 0 Å². The van der Waals surface area contributed by atoms with E-state index in [0.717, 1.165) is 11.1 Å². The number of carbonyl (C=O) groups is 2. The van der Waals surface area contributed by atoms with Gasteiger partial charge in [-0.15, -0.1) is 0 Å². The van der Waals surface area contributed by atoms with Crippen LogP contribution in [0.5, 0.6) is 0 Å². The average Bonchev–Trinajstić information content (AvgIpc) is 2.84. The van der Waals surface area contributed by atoms with Crippen molar-refractivity contribution in [3.05, 3.63) is 35.4 Å². The minimum Gasteiger partial charge on any atom is -0.448 e. The lowest BCUT2D eigenvalue weighted by atomic mass is 10.0. The second kappa shape index (κ2) is 6.16. The maximum Gasteiger partial charge on any atom is 0.410 e. The topological polar surface area (TPSA) is 58.6 Å². The van der Waals surface area contributed by atoms with Gasteiger partial charge in [-0.25, -0.2) is 4.79 Å². The van der Waals surface area contributed by atoms with Crippen LogP contribution in [-0.2, 0) is 16.0 Å². The number of cyclic esters (lactones) is 1. The molecule has 1 heterocycles. The third kappa shape index (κ3) is 3.97. The monoisotopic (exact) mass is 290 g/mol. The number of nitrogens with one attached hydrogen (secondary N) is 1. The Kier molecular flexibility index (Phi) is 4.50. The van der Waals surface area contributed by atoms with Crippen molar-refractivity contribution in [2.45, 2.75) is 32.7 Å². The van der Waals surface area contributed by atoms with Gasteiger partial charge in [0, 0.05) is 6.54 Å². The van der Waals surface area contributed by atoms with E-state index in [9.17, 15) is 9.59 Å². The highest BCUT2D eigenvalue weighted by Crippen LogP contribution is 2.18. The van der Waals surface area contributed by atoms with Crippen molar-refractivity contribution in [2.75, 3.05) is 19.7 Å². The number of rotatable bonds is 5. The molecule has 0 atom stereocenters. The highest BCUT2D eigenvalue weighted by molar-refractivity contribution is 5.78. The zero-order chi connectivity index (χ0) is 15.5. The lowest BCUT2D eigenvalue weighted by Gasteiger charge is -2.33. The minimum atomic E-state index is -0.449. The largest absolute Gasteiger partial charge is 0.448 e. The first-order valence-electron chi connectivity index (χ1n) is 7.15. The minimum absolute atomic E-state index is 0.0405. The molecule has 21 heavy (non-hydrogen) atoms. The number of ether oxygens (including phenoxy) is 1. The Morgan fingerprint density at radius 1 is 1.43 bits per heavy atom. The van der Waals surface area contributed by atoms with Gasteiger partial charge in [-0.05, 0) is 26.3 Å². The van der Waals surface area contributed by atoms with Crippen LogP contribution in [-0.4, -0.2) is 42.1 Å². The van der Waals surface area contributed by atoms with Crippen LogP contribution in [0.3, 0.4) is 0 Å². The fourth-order valence-electron chi connectivity index (χ4n) is 2.42. The van der Waals surface area contributed by atoms with Gasteiger partial charge in [0.15, 0.2) is 0 Å². The van der Waals surface area contributed by atoms with E-state index in [0.29, 0.717) is 26.1 Å². The van der Waals surface area contributed by atoms with Gasteiger partial charge in [-0.3, -0.25) is 9.69 Å². The molecule has 2 rings (SSSR count). The molecule has 5 heteroatoms. The standard InChI is InChI=1S/C16H22N2O3/c1-12-5-4-6-13(9-12)10-14(19)17-11-16(2,3)18-7-8-21-15(18)20/h4-6,9H,7-8,10-11H2,1-3H3,(H,17,19). The number of hydrogen-bond donors (Lipinski definition) is 1. The van der Waals surface area contributed by atoms with Crippen molar-refractivity contribution < 1.29 is 14.3 Å². The second-order valence-electron chi connectivity index (χ2n) is 6.02. The van der Waals surface area contributed by atoms with Gasteiger partial charge in [0.2, 0.25) is 5.91 Å². The summed E-state index contributed by atoms with van der Waals surface area (Å²) in [5.74, 6) is -0.0405. The van der Waals surface area contributed by atoms with Gasteiger partial charge in [0.1, 0.15) is 6.61 Å². The summed E-state index contributed by atoms with van der Waals surface area (Å²) >= 11 is 0. The maximum atomic E-state index is 12.0. The summed E-state index contributed by atoms with van der Waals surface area (Å²) in [6, 6.07) is 7.89. The molecule has 0 radical (unpaired) electrons. The normalized spacial score (nSPS) is 15.0. The van der Waals surface area contributed by atoms with Gasteiger partial charge < -0.3 is 10.1 Å². The summed E-state index contributed by atoms with van der Waals surface area (Å²) < 4.78 is 4.94. The molecular weight excluding hydrogens is 268 g/mol. The van der Waals surface area contributed by atoms with E-state index in [-0.39, 0.29) is 12.0 Å². The molecule has 2 amide bonds. The molecule has 1 N–H and O–H groups in total. The second-order valence-corrected chi connectivity index (χ2v) is 6.02. The van der Waals surface area contributed by atoms with Crippen LogP contribution in [0.1, 0.15) is 25.0 Å². The van der Waals surface area contributed by atoms with Crippen molar-refractivity contribution in [1.29, 1.82) is 0 Å². The van der Waals surface area contributed by atoms with Crippen molar-refractivity contribution in [3.63, 3.8) is 0 Å². The van der Waals surface area contributed by atoms with Gasteiger partial charge in [0.25, 0.3) is 0 Å². The number of aryl methyl sites for hydroxylation is 1. The molecule has 0 aromatic heterocycles. The molecule has 0 saturated carbocycles. The molecule has 1 fully saturated rings. The molecule has 1 aliphatic rings. The first kappa shape index (κ1) is 15.4. The van der Waals surface area contributed by atoms with E-state index in [1.165, 1.54) is 0 Å². The fraction of sp³-hybridized carbons (Fsp3) is 0.500. The lowest BCUT2D eigenvalue weighted by Crippen LogP contribution is -2.52. The van der Waals surface area contributed by atoms with Crippen molar-refractivity contribution in [3.8, 4) is 0 Å². The van der Waals surface area contributed by atoms with Gasteiger partial charge in [0.05, 0.1) is 18.5 Å². The quantitative estimate of drug-likeness (QED) is 0.901. The van der Waals surface area contributed by atoms with E-state index in [1.807, 2.05) is 45.0 Å². The molecule has 0 unspecified atom stereocenters. The lowest BCUT2D eigenvalue weighted by molar-refractivity contribution is -0.120. The Balaban J connectivity index is 1.87. The van der Waals surface area contributed by atoms with E-state index in [4.69, 9.17) is 4.74 Å². The van der Waals surface area contributed by atoms with E-state index < -0.39 is 5.54 Å². The predicted octanol–water partition coefficient (Wildman–Crippen LogP) is 1.88. The van der Waals surface area contributed by atoms with Crippen molar-refractivity contribution >= 4 is 12.0 Å². The Morgan fingerprint density at radius 3 is 2.81 bits per heavy atom. The number of nitrogens with zero attached hydrogens (tertiary/aromatic N) is 1. The summed E-state index contributed by atoms with van der Waals surface area (Å²) in [6.45, 7) is 7.24. The third-order valence-corrected chi connectivity index (χ3v) is 3.66. The average molecular weight is 290 g/mol. The fourth-order valence-corrected chi connectivity index (χ4v) is 2.42. The van der Waals surface area contributed by atoms with Crippen LogP contribution in [0.4, 0.5) is 4.79 Å². The zero-order valence-electron chi connectivity index (χ0n) is 12.8. The van der Waals surface area contributed by atoms with E-state index >= 15 is 0 Å². The number of hydrogen-bond acceptors (Lipinski definition) is 3. The molecule has 5 nitrogen and oxygen atoms in total. The molecule has 0 spiro atoms. The Bertz CT molecular complexity index is 540. The van der Waals surface area contributed by atoms with Crippen LogP contribution in [0, 0.1) is 6.92 Å². The zero-order valence-corrected chi connectivity index (χ0v) is 12.8. The van der Waals surface area contributed by atoms with Crippen LogP contribution in [0.15, 0.2) is 24.3 Å². The third-order valence-electron chi connectivity index (χ3n) is 3.66. The molecule has 1 aromatic rings. The van der Waals surface area contributed by atoms with Crippen LogP contribution in [0.25, 0.3) is 0 Å². The van der Waals surface area contributed by atoms with Gasteiger partial charge in [-0.1, -0.05) is 29.8 Å². The molecule has 1 aromatic carbocycles. The summed E-state index contributed by atoms with van der Waals surface area (Å²) in [5.41, 5.74) is 1.68.